The summed E-state index contributed by atoms with van der Waals surface area (Å²) in [6, 6.07) is 18.5. The van der Waals surface area contributed by atoms with Crippen LogP contribution in [-0.4, -0.2) is 58.5 Å². The molecule has 3 aromatic carbocycles. The van der Waals surface area contributed by atoms with Crippen molar-refractivity contribution in [3.8, 4) is 11.5 Å². The van der Waals surface area contributed by atoms with Crippen molar-refractivity contribution in [2.75, 3.05) is 31.6 Å². The smallest absolute Gasteiger partial charge is 0.264 e. The van der Waals surface area contributed by atoms with Gasteiger partial charge >= 0.3 is 0 Å². The molecule has 0 bridgehead atoms. The molecule has 3 rings (SSSR count). The molecular weight excluding hydrogens is 566 g/mol. The van der Waals surface area contributed by atoms with Crippen LogP contribution in [-0.2, 0) is 26.2 Å². The molecule has 0 saturated carbocycles. The van der Waals surface area contributed by atoms with Gasteiger partial charge in [-0.15, -0.1) is 0 Å². The molecule has 0 aliphatic rings. The first kappa shape index (κ1) is 31.8. The molecule has 0 aromatic heterocycles. The predicted octanol–water partition coefficient (Wildman–Crippen LogP) is 4.89. The Balaban J connectivity index is 2.04. The SMILES string of the molecule is CCCCNC(=O)C(C)N(Cc1ccc(Cl)cc1)C(=O)CN(c1ccc(OC)c(OC)c1)S(=O)(=O)c1ccccc1. The lowest BCUT2D eigenvalue weighted by Gasteiger charge is -2.32. The van der Waals surface area contributed by atoms with E-state index < -0.39 is 28.5 Å². The number of carbonyl (C=O) groups excluding carboxylic acids is 2. The zero-order valence-electron chi connectivity index (χ0n) is 23.7. The molecule has 9 nitrogen and oxygen atoms in total. The molecule has 0 fully saturated rings. The van der Waals surface area contributed by atoms with Gasteiger partial charge in [-0.2, -0.15) is 0 Å². The van der Waals surface area contributed by atoms with E-state index in [9.17, 15) is 18.0 Å². The van der Waals surface area contributed by atoms with E-state index in [2.05, 4.69) is 5.32 Å². The van der Waals surface area contributed by atoms with Crippen LogP contribution < -0.4 is 19.1 Å². The molecule has 2 amide bonds. The van der Waals surface area contributed by atoms with Crippen molar-refractivity contribution >= 4 is 39.1 Å². The fourth-order valence-electron chi connectivity index (χ4n) is 4.13. The quantitative estimate of drug-likeness (QED) is 0.264. The summed E-state index contributed by atoms with van der Waals surface area (Å²) in [6.07, 6.45) is 1.70. The summed E-state index contributed by atoms with van der Waals surface area (Å²) in [7, 11) is -1.28. The molecule has 0 aliphatic carbocycles. The number of anilines is 1. The van der Waals surface area contributed by atoms with Crippen LogP contribution in [0.5, 0.6) is 11.5 Å². The van der Waals surface area contributed by atoms with Crippen molar-refractivity contribution in [3.63, 3.8) is 0 Å². The van der Waals surface area contributed by atoms with Crippen LogP contribution >= 0.6 is 11.6 Å². The Morgan fingerprint density at radius 1 is 0.951 bits per heavy atom. The maximum absolute atomic E-state index is 14.0. The second-order valence-electron chi connectivity index (χ2n) is 9.33. The average Bonchev–Trinajstić information content (AvgIpc) is 2.99. The van der Waals surface area contributed by atoms with Gasteiger partial charge in [-0.25, -0.2) is 8.42 Å². The van der Waals surface area contributed by atoms with Gasteiger partial charge in [-0.05, 0) is 55.3 Å². The summed E-state index contributed by atoms with van der Waals surface area (Å²) in [4.78, 5) is 28.4. The lowest BCUT2D eigenvalue weighted by atomic mass is 10.1. The maximum atomic E-state index is 14.0. The van der Waals surface area contributed by atoms with E-state index in [0.717, 1.165) is 22.7 Å². The van der Waals surface area contributed by atoms with Gasteiger partial charge < -0.3 is 19.7 Å². The van der Waals surface area contributed by atoms with Gasteiger partial charge in [0.2, 0.25) is 11.8 Å². The summed E-state index contributed by atoms with van der Waals surface area (Å²) in [6.45, 7) is 3.63. The molecule has 1 atom stereocenters. The molecular formula is C30H36ClN3O6S. The highest BCUT2D eigenvalue weighted by atomic mass is 35.5. The van der Waals surface area contributed by atoms with E-state index in [1.165, 1.54) is 37.3 Å². The number of halogens is 1. The summed E-state index contributed by atoms with van der Waals surface area (Å²) in [5.74, 6) is -0.189. The van der Waals surface area contributed by atoms with Crippen molar-refractivity contribution in [2.24, 2.45) is 0 Å². The van der Waals surface area contributed by atoms with Crippen LogP contribution in [0.25, 0.3) is 0 Å². The summed E-state index contributed by atoms with van der Waals surface area (Å²) >= 11 is 6.05. The van der Waals surface area contributed by atoms with Crippen molar-refractivity contribution in [1.82, 2.24) is 10.2 Å². The van der Waals surface area contributed by atoms with E-state index in [4.69, 9.17) is 21.1 Å². The topological polar surface area (TPSA) is 105 Å². The van der Waals surface area contributed by atoms with Crippen LogP contribution in [0, 0.1) is 0 Å². The highest BCUT2D eigenvalue weighted by molar-refractivity contribution is 7.92. The molecule has 220 valence electrons. The standard InChI is InChI=1S/C30H36ClN3O6S/c1-5-6-18-32-30(36)22(2)33(20-23-12-14-24(31)15-13-23)29(35)21-34(41(37,38)26-10-8-7-9-11-26)25-16-17-27(39-3)28(19-25)40-4/h7-17,19,22H,5-6,18,20-21H2,1-4H3,(H,32,36). The number of ether oxygens (including phenoxy) is 2. The molecule has 0 spiro atoms. The number of nitrogens with one attached hydrogen (secondary N) is 1. The monoisotopic (exact) mass is 601 g/mol. The third-order valence-corrected chi connectivity index (χ3v) is 8.57. The van der Waals surface area contributed by atoms with Gasteiger partial charge in [0.1, 0.15) is 12.6 Å². The largest absolute Gasteiger partial charge is 0.493 e. The van der Waals surface area contributed by atoms with Crippen molar-refractivity contribution in [3.05, 3.63) is 83.4 Å². The van der Waals surface area contributed by atoms with Crippen LogP contribution in [0.3, 0.4) is 0 Å². The Morgan fingerprint density at radius 3 is 2.22 bits per heavy atom. The first-order valence-corrected chi connectivity index (χ1v) is 15.1. The summed E-state index contributed by atoms with van der Waals surface area (Å²) in [5.41, 5.74) is 0.936. The second kappa shape index (κ2) is 14.7. The number of sulfonamides is 1. The lowest BCUT2D eigenvalue weighted by Crippen LogP contribution is -2.51. The van der Waals surface area contributed by atoms with Crippen molar-refractivity contribution in [1.29, 1.82) is 0 Å². The Hall–Kier alpha value is -3.76. The molecule has 0 heterocycles. The fraction of sp³-hybridized carbons (Fsp3) is 0.333. The molecule has 41 heavy (non-hydrogen) atoms. The van der Waals surface area contributed by atoms with Gasteiger partial charge in [0, 0.05) is 24.2 Å². The van der Waals surface area contributed by atoms with Gasteiger partial charge in [0.05, 0.1) is 24.8 Å². The number of carbonyl (C=O) groups is 2. The van der Waals surface area contributed by atoms with E-state index in [1.54, 1.807) is 61.5 Å². The highest BCUT2D eigenvalue weighted by Gasteiger charge is 2.33. The third-order valence-electron chi connectivity index (χ3n) is 6.53. The molecule has 11 heteroatoms. The average molecular weight is 602 g/mol. The normalized spacial score (nSPS) is 11.8. The second-order valence-corrected chi connectivity index (χ2v) is 11.6. The highest BCUT2D eigenvalue weighted by Crippen LogP contribution is 2.34. The van der Waals surface area contributed by atoms with Crippen LogP contribution in [0.15, 0.2) is 77.7 Å². The minimum Gasteiger partial charge on any atom is -0.493 e. The van der Waals surface area contributed by atoms with Crippen molar-refractivity contribution in [2.45, 2.75) is 44.2 Å². The summed E-state index contributed by atoms with van der Waals surface area (Å²) in [5, 5.41) is 3.40. The first-order valence-electron chi connectivity index (χ1n) is 13.2. The Labute approximate surface area is 247 Å². The number of amides is 2. The van der Waals surface area contributed by atoms with Gasteiger partial charge in [0.25, 0.3) is 10.0 Å². The molecule has 0 aliphatic heterocycles. The van der Waals surface area contributed by atoms with E-state index in [1.807, 2.05) is 6.92 Å². The number of hydrogen-bond acceptors (Lipinski definition) is 6. The number of hydrogen-bond donors (Lipinski definition) is 1. The van der Waals surface area contributed by atoms with Crippen molar-refractivity contribution < 1.29 is 27.5 Å². The molecule has 3 aromatic rings. The zero-order valence-corrected chi connectivity index (χ0v) is 25.2. The molecule has 0 saturated heterocycles. The Kier molecular flexibility index (Phi) is 11.4. The van der Waals surface area contributed by atoms with Gasteiger partial charge in [0.15, 0.2) is 11.5 Å². The molecule has 1 unspecified atom stereocenters. The summed E-state index contributed by atoms with van der Waals surface area (Å²) < 4.78 is 39.5. The van der Waals surface area contributed by atoms with Gasteiger partial charge in [-0.1, -0.05) is 55.3 Å². The van der Waals surface area contributed by atoms with E-state index >= 15 is 0 Å². The Morgan fingerprint density at radius 2 is 1.61 bits per heavy atom. The Bertz CT molecular complexity index is 1420. The number of benzene rings is 3. The van der Waals surface area contributed by atoms with E-state index in [-0.39, 0.29) is 23.0 Å². The molecule has 0 radical (unpaired) electrons. The zero-order chi connectivity index (χ0) is 30.0. The van der Waals surface area contributed by atoms with Gasteiger partial charge in [-0.3, -0.25) is 13.9 Å². The number of methoxy groups -OCH3 is 2. The van der Waals surface area contributed by atoms with Crippen LogP contribution in [0.4, 0.5) is 5.69 Å². The number of rotatable bonds is 14. The number of unbranched alkanes of at least 4 members (excludes halogenated alkanes) is 1. The number of nitrogens with zero attached hydrogens (tertiary/aromatic N) is 2. The van der Waals surface area contributed by atoms with E-state index in [0.29, 0.717) is 23.1 Å². The lowest BCUT2D eigenvalue weighted by molar-refractivity contribution is -0.139. The minimum absolute atomic E-state index is 0.0113. The third kappa shape index (κ3) is 8.14. The predicted molar refractivity (Wildman–Crippen MR) is 160 cm³/mol. The first-order chi connectivity index (χ1) is 19.6. The minimum atomic E-state index is -4.20. The molecule has 1 N–H and O–H groups in total. The van der Waals surface area contributed by atoms with Crippen LogP contribution in [0.2, 0.25) is 5.02 Å². The maximum Gasteiger partial charge on any atom is 0.264 e. The fourth-order valence-corrected chi connectivity index (χ4v) is 5.69. The van der Waals surface area contributed by atoms with Crippen LogP contribution in [0.1, 0.15) is 32.3 Å².